The van der Waals surface area contributed by atoms with E-state index < -0.39 is 0 Å². The molecule has 2 aromatic carbocycles. The maximum Gasteiger partial charge on any atom is 0.0945 e. The van der Waals surface area contributed by atoms with Crippen molar-refractivity contribution in [3.05, 3.63) is 71.8 Å². The minimum Gasteiger partial charge on any atom is -0.375 e. The van der Waals surface area contributed by atoms with E-state index in [1.54, 1.807) is 7.11 Å². The first-order valence-electron chi connectivity index (χ1n) is 7.14. The Morgan fingerprint density at radius 1 is 0.850 bits per heavy atom. The van der Waals surface area contributed by atoms with Crippen LogP contribution >= 0.6 is 0 Å². The van der Waals surface area contributed by atoms with Crippen LogP contribution in [-0.2, 0) is 4.74 Å². The van der Waals surface area contributed by atoms with E-state index in [2.05, 4.69) is 54.7 Å². The van der Waals surface area contributed by atoms with Crippen LogP contribution in [0.25, 0.3) is 0 Å². The van der Waals surface area contributed by atoms with E-state index in [9.17, 15) is 0 Å². The zero-order valence-corrected chi connectivity index (χ0v) is 12.3. The van der Waals surface area contributed by atoms with Crippen molar-refractivity contribution >= 4 is 0 Å². The fourth-order valence-corrected chi connectivity index (χ4v) is 2.34. The Hall–Kier alpha value is -1.64. The lowest BCUT2D eigenvalue weighted by molar-refractivity contribution is 0.102. The minimum absolute atomic E-state index is 0.110. The van der Waals surface area contributed by atoms with Crippen LogP contribution in [0.1, 0.15) is 30.1 Å². The molecule has 2 atom stereocenters. The second kappa shape index (κ2) is 7.83. The Balaban J connectivity index is 1.83. The van der Waals surface area contributed by atoms with Crippen LogP contribution in [0.5, 0.6) is 0 Å². The third kappa shape index (κ3) is 4.19. The lowest BCUT2D eigenvalue weighted by Gasteiger charge is -2.19. The molecule has 0 aliphatic heterocycles. The molecule has 0 fully saturated rings. The van der Waals surface area contributed by atoms with Gasteiger partial charge in [0, 0.05) is 20.2 Å². The lowest BCUT2D eigenvalue weighted by atomic mass is 10.0. The topological polar surface area (TPSA) is 21.3 Å². The molecule has 106 valence electrons. The summed E-state index contributed by atoms with van der Waals surface area (Å²) in [5.41, 5.74) is 2.59. The Labute approximate surface area is 121 Å². The quantitative estimate of drug-likeness (QED) is 0.826. The molecule has 2 aromatic rings. The zero-order chi connectivity index (χ0) is 14.2. The molecule has 2 heteroatoms. The van der Waals surface area contributed by atoms with Crippen molar-refractivity contribution in [2.24, 2.45) is 0 Å². The lowest BCUT2D eigenvalue weighted by Crippen LogP contribution is -2.26. The molecule has 0 heterocycles. The molecular formula is C18H23NO. The van der Waals surface area contributed by atoms with E-state index in [0.29, 0.717) is 5.92 Å². The highest BCUT2D eigenvalue weighted by molar-refractivity contribution is 5.20. The first kappa shape index (κ1) is 14.8. The second-order valence-electron chi connectivity index (χ2n) is 5.11. The van der Waals surface area contributed by atoms with E-state index in [1.165, 1.54) is 11.1 Å². The predicted octanol–water partition coefficient (Wildman–Crippen LogP) is 3.77. The SMILES string of the molecule is COC(CNCC(C)c1ccccc1)c1ccccc1. The second-order valence-corrected chi connectivity index (χ2v) is 5.11. The first-order valence-corrected chi connectivity index (χ1v) is 7.14. The van der Waals surface area contributed by atoms with Gasteiger partial charge in [-0.25, -0.2) is 0 Å². The number of hydrogen-bond donors (Lipinski definition) is 1. The predicted molar refractivity (Wildman–Crippen MR) is 83.9 cm³/mol. The van der Waals surface area contributed by atoms with Crippen molar-refractivity contribution in [3.8, 4) is 0 Å². The van der Waals surface area contributed by atoms with Gasteiger partial charge in [-0.05, 0) is 17.0 Å². The summed E-state index contributed by atoms with van der Waals surface area (Å²) in [6.45, 7) is 4.03. The van der Waals surface area contributed by atoms with E-state index in [4.69, 9.17) is 4.74 Å². The Kier molecular flexibility index (Phi) is 5.78. The third-order valence-corrected chi connectivity index (χ3v) is 3.60. The summed E-state index contributed by atoms with van der Waals surface area (Å²) in [5, 5.41) is 3.51. The molecule has 0 aromatic heterocycles. The highest BCUT2D eigenvalue weighted by atomic mass is 16.5. The Morgan fingerprint density at radius 3 is 1.95 bits per heavy atom. The highest BCUT2D eigenvalue weighted by Crippen LogP contribution is 2.16. The summed E-state index contributed by atoms with van der Waals surface area (Å²) in [7, 11) is 1.76. The van der Waals surface area contributed by atoms with Gasteiger partial charge >= 0.3 is 0 Å². The fourth-order valence-electron chi connectivity index (χ4n) is 2.34. The van der Waals surface area contributed by atoms with Gasteiger partial charge in [-0.2, -0.15) is 0 Å². The smallest absolute Gasteiger partial charge is 0.0945 e. The zero-order valence-electron chi connectivity index (χ0n) is 12.3. The van der Waals surface area contributed by atoms with Gasteiger partial charge in [0.25, 0.3) is 0 Å². The average Bonchev–Trinajstić information content (AvgIpc) is 2.53. The Morgan fingerprint density at radius 2 is 1.40 bits per heavy atom. The molecule has 0 aliphatic rings. The molecular weight excluding hydrogens is 246 g/mol. The molecule has 2 rings (SSSR count). The molecule has 20 heavy (non-hydrogen) atoms. The van der Waals surface area contributed by atoms with Gasteiger partial charge in [0.1, 0.15) is 0 Å². The van der Waals surface area contributed by atoms with Gasteiger partial charge in [-0.3, -0.25) is 0 Å². The monoisotopic (exact) mass is 269 g/mol. The van der Waals surface area contributed by atoms with Crippen LogP contribution in [-0.4, -0.2) is 20.2 Å². The molecule has 0 amide bonds. The normalized spacial score (nSPS) is 13.9. The summed E-state index contributed by atoms with van der Waals surface area (Å²) < 4.78 is 5.56. The van der Waals surface area contributed by atoms with Gasteiger partial charge < -0.3 is 10.1 Å². The van der Waals surface area contributed by atoms with Crippen molar-refractivity contribution in [1.82, 2.24) is 5.32 Å². The van der Waals surface area contributed by atoms with Crippen LogP contribution < -0.4 is 5.32 Å². The van der Waals surface area contributed by atoms with Gasteiger partial charge in [-0.15, -0.1) is 0 Å². The van der Waals surface area contributed by atoms with Crippen LogP contribution in [0, 0.1) is 0 Å². The molecule has 2 nitrogen and oxygen atoms in total. The summed E-state index contributed by atoms with van der Waals surface area (Å²) >= 11 is 0. The molecule has 0 aliphatic carbocycles. The molecule has 1 N–H and O–H groups in total. The molecule has 0 bridgehead atoms. The number of rotatable bonds is 7. The summed E-state index contributed by atoms with van der Waals surface area (Å²) in [5.74, 6) is 0.504. The van der Waals surface area contributed by atoms with E-state index in [-0.39, 0.29) is 6.10 Å². The van der Waals surface area contributed by atoms with Crippen molar-refractivity contribution in [1.29, 1.82) is 0 Å². The average molecular weight is 269 g/mol. The summed E-state index contributed by atoms with van der Waals surface area (Å²) in [6, 6.07) is 20.9. The molecule has 2 unspecified atom stereocenters. The summed E-state index contributed by atoms with van der Waals surface area (Å²) in [6.07, 6.45) is 0.110. The molecule has 0 saturated heterocycles. The minimum atomic E-state index is 0.110. The van der Waals surface area contributed by atoms with Gasteiger partial charge in [-0.1, -0.05) is 67.6 Å². The van der Waals surface area contributed by atoms with E-state index >= 15 is 0 Å². The van der Waals surface area contributed by atoms with Crippen molar-refractivity contribution in [2.75, 3.05) is 20.2 Å². The van der Waals surface area contributed by atoms with Crippen LogP contribution in [0.4, 0.5) is 0 Å². The number of methoxy groups -OCH3 is 1. The number of ether oxygens (including phenoxy) is 1. The maximum atomic E-state index is 5.56. The van der Waals surface area contributed by atoms with Crippen LogP contribution in [0.15, 0.2) is 60.7 Å². The Bertz CT molecular complexity index is 483. The van der Waals surface area contributed by atoms with Crippen molar-refractivity contribution < 1.29 is 4.74 Å². The molecule has 0 spiro atoms. The van der Waals surface area contributed by atoms with Crippen molar-refractivity contribution in [3.63, 3.8) is 0 Å². The number of nitrogens with one attached hydrogen (secondary N) is 1. The van der Waals surface area contributed by atoms with E-state index in [0.717, 1.165) is 13.1 Å². The first-order chi connectivity index (χ1) is 9.81. The third-order valence-electron chi connectivity index (χ3n) is 3.60. The molecule has 0 saturated carbocycles. The largest absolute Gasteiger partial charge is 0.375 e. The maximum absolute atomic E-state index is 5.56. The highest BCUT2D eigenvalue weighted by Gasteiger charge is 2.10. The van der Waals surface area contributed by atoms with Gasteiger partial charge in [0.05, 0.1) is 6.10 Å². The fraction of sp³-hybridized carbons (Fsp3) is 0.333. The van der Waals surface area contributed by atoms with Crippen LogP contribution in [0.2, 0.25) is 0 Å². The number of benzene rings is 2. The van der Waals surface area contributed by atoms with Gasteiger partial charge in [0.2, 0.25) is 0 Å². The van der Waals surface area contributed by atoms with E-state index in [1.807, 2.05) is 18.2 Å². The van der Waals surface area contributed by atoms with Crippen molar-refractivity contribution in [2.45, 2.75) is 18.9 Å². The van der Waals surface area contributed by atoms with Gasteiger partial charge in [0.15, 0.2) is 0 Å². The number of hydrogen-bond acceptors (Lipinski definition) is 2. The van der Waals surface area contributed by atoms with Crippen LogP contribution in [0.3, 0.4) is 0 Å². The summed E-state index contributed by atoms with van der Waals surface area (Å²) in [4.78, 5) is 0. The molecule has 0 radical (unpaired) electrons. The standard InChI is InChI=1S/C18H23NO/c1-15(16-9-5-3-6-10-16)13-19-14-18(20-2)17-11-7-4-8-12-17/h3-12,15,18-19H,13-14H2,1-2H3.